The van der Waals surface area contributed by atoms with Crippen molar-refractivity contribution in [1.82, 2.24) is 0 Å². The van der Waals surface area contributed by atoms with Crippen LogP contribution in [0.4, 0.5) is 14.5 Å². The molecule has 0 bridgehead atoms. The molecule has 1 aromatic rings. The average Bonchev–Trinajstić information content (AvgIpc) is 2.19. The molecular formula is C9H2F2N4. The van der Waals surface area contributed by atoms with E-state index in [0.29, 0.717) is 0 Å². The number of nitrogens with two attached hydrogens (primary N) is 1. The molecule has 0 atom stereocenters. The minimum Gasteiger partial charge on any atom is -0.396 e. The molecule has 0 spiro atoms. The van der Waals surface area contributed by atoms with E-state index in [-0.39, 0.29) is 0 Å². The van der Waals surface area contributed by atoms with Gasteiger partial charge in [0.2, 0.25) is 0 Å². The minimum atomic E-state index is -1.34. The first-order valence-corrected chi connectivity index (χ1v) is 3.59. The summed E-state index contributed by atoms with van der Waals surface area (Å²) in [6, 6.07) is 3.97. The van der Waals surface area contributed by atoms with E-state index in [1.165, 1.54) is 18.2 Å². The molecule has 15 heavy (non-hydrogen) atoms. The maximum absolute atomic E-state index is 13.2. The van der Waals surface area contributed by atoms with Gasteiger partial charge in [0.1, 0.15) is 34.9 Å². The highest BCUT2D eigenvalue weighted by Gasteiger charge is 2.22. The Hall–Kier alpha value is -2.65. The van der Waals surface area contributed by atoms with Gasteiger partial charge in [-0.2, -0.15) is 15.8 Å². The van der Waals surface area contributed by atoms with Crippen LogP contribution in [0.5, 0.6) is 0 Å². The van der Waals surface area contributed by atoms with Gasteiger partial charge in [-0.05, 0) is 0 Å². The van der Waals surface area contributed by atoms with Crippen LogP contribution in [0.1, 0.15) is 16.7 Å². The van der Waals surface area contributed by atoms with Gasteiger partial charge in [0, 0.05) is 0 Å². The lowest BCUT2D eigenvalue weighted by atomic mass is 10.0. The van der Waals surface area contributed by atoms with Crippen molar-refractivity contribution in [3.63, 3.8) is 0 Å². The zero-order valence-electron chi connectivity index (χ0n) is 7.17. The van der Waals surface area contributed by atoms with Crippen LogP contribution in [0.3, 0.4) is 0 Å². The number of nitriles is 3. The standard InChI is InChI=1S/C9H2F2N4/c10-7-4(1-12)8(11)6(3-14)9(15)5(7)2-13/h15H2. The highest BCUT2D eigenvalue weighted by Crippen LogP contribution is 2.26. The maximum Gasteiger partial charge on any atom is 0.163 e. The number of nitrogen functional groups attached to an aromatic ring is 1. The van der Waals surface area contributed by atoms with Gasteiger partial charge in [-0.25, -0.2) is 8.78 Å². The van der Waals surface area contributed by atoms with E-state index in [2.05, 4.69) is 0 Å². The summed E-state index contributed by atoms with van der Waals surface area (Å²) in [5.74, 6) is -2.68. The van der Waals surface area contributed by atoms with E-state index in [1.807, 2.05) is 0 Å². The second-order valence-corrected chi connectivity index (χ2v) is 2.50. The third-order valence-corrected chi connectivity index (χ3v) is 1.75. The van der Waals surface area contributed by atoms with E-state index in [9.17, 15) is 8.78 Å². The first-order chi connectivity index (χ1) is 7.08. The lowest BCUT2D eigenvalue weighted by molar-refractivity contribution is 0.573. The third kappa shape index (κ3) is 1.33. The van der Waals surface area contributed by atoms with Crippen LogP contribution in [-0.4, -0.2) is 0 Å². The summed E-state index contributed by atoms with van der Waals surface area (Å²) in [6.07, 6.45) is 0. The van der Waals surface area contributed by atoms with Crippen molar-refractivity contribution in [3.8, 4) is 18.2 Å². The van der Waals surface area contributed by atoms with Crippen LogP contribution in [0, 0.1) is 45.6 Å². The molecular weight excluding hydrogens is 202 g/mol. The quantitative estimate of drug-likeness (QED) is 0.641. The zero-order chi connectivity index (χ0) is 11.6. The molecule has 0 radical (unpaired) electrons. The summed E-state index contributed by atoms with van der Waals surface area (Å²) >= 11 is 0. The molecule has 2 N–H and O–H groups in total. The molecule has 4 nitrogen and oxygen atoms in total. The lowest BCUT2D eigenvalue weighted by Crippen LogP contribution is -2.05. The summed E-state index contributed by atoms with van der Waals surface area (Å²) in [5.41, 5.74) is 2.25. The second-order valence-electron chi connectivity index (χ2n) is 2.50. The number of anilines is 1. The number of nitrogens with zero attached hydrogens (tertiary/aromatic N) is 3. The molecule has 0 fully saturated rings. The summed E-state index contributed by atoms with van der Waals surface area (Å²) < 4.78 is 26.5. The molecule has 0 aliphatic carbocycles. The van der Waals surface area contributed by atoms with E-state index >= 15 is 0 Å². The molecule has 0 aromatic heterocycles. The highest BCUT2D eigenvalue weighted by atomic mass is 19.1. The number of benzene rings is 1. The molecule has 0 aliphatic heterocycles. The largest absolute Gasteiger partial charge is 0.396 e. The van der Waals surface area contributed by atoms with Gasteiger partial charge in [0.05, 0.1) is 5.69 Å². The fourth-order valence-electron chi connectivity index (χ4n) is 1.02. The fourth-order valence-corrected chi connectivity index (χ4v) is 1.02. The first kappa shape index (κ1) is 10.4. The van der Waals surface area contributed by atoms with E-state index in [1.54, 1.807) is 0 Å². The van der Waals surface area contributed by atoms with Crippen LogP contribution in [-0.2, 0) is 0 Å². The minimum absolute atomic E-state index is 0.589. The van der Waals surface area contributed by atoms with Gasteiger partial charge in [0.15, 0.2) is 11.6 Å². The Kier molecular flexibility index (Phi) is 2.51. The summed E-state index contributed by atoms with van der Waals surface area (Å²) in [7, 11) is 0. The first-order valence-electron chi connectivity index (χ1n) is 3.59. The van der Waals surface area contributed by atoms with E-state index in [4.69, 9.17) is 21.5 Å². The Morgan fingerprint density at radius 3 is 1.40 bits per heavy atom. The van der Waals surface area contributed by atoms with Crippen molar-refractivity contribution < 1.29 is 8.78 Å². The predicted octanol–water partition coefficient (Wildman–Crippen LogP) is 1.16. The molecule has 6 heteroatoms. The molecule has 1 aromatic carbocycles. The highest BCUT2D eigenvalue weighted by molar-refractivity contribution is 5.67. The van der Waals surface area contributed by atoms with Crippen LogP contribution in [0.2, 0.25) is 0 Å². The molecule has 0 amide bonds. The molecule has 0 heterocycles. The Morgan fingerprint density at radius 2 is 1.13 bits per heavy atom. The predicted molar refractivity (Wildman–Crippen MR) is 44.9 cm³/mol. The van der Waals surface area contributed by atoms with Gasteiger partial charge in [0.25, 0.3) is 0 Å². The molecule has 72 valence electrons. The molecule has 1 rings (SSSR count). The zero-order valence-corrected chi connectivity index (χ0v) is 7.17. The number of hydrogen-bond acceptors (Lipinski definition) is 4. The Bertz CT molecular complexity index is 455. The second kappa shape index (κ2) is 3.61. The van der Waals surface area contributed by atoms with Crippen molar-refractivity contribution >= 4 is 5.69 Å². The van der Waals surface area contributed by atoms with E-state index < -0.39 is 34.0 Å². The number of rotatable bonds is 0. The Labute approximate surface area is 83.4 Å². The van der Waals surface area contributed by atoms with Gasteiger partial charge in [-0.15, -0.1) is 0 Å². The SMILES string of the molecule is N#Cc1c(N)c(C#N)c(F)c(C#N)c1F. The molecule has 0 saturated carbocycles. The van der Waals surface area contributed by atoms with Crippen molar-refractivity contribution in [2.75, 3.05) is 5.73 Å². The van der Waals surface area contributed by atoms with Gasteiger partial charge < -0.3 is 5.73 Å². The van der Waals surface area contributed by atoms with Crippen LogP contribution in [0.25, 0.3) is 0 Å². The molecule has 0 unspecified atom stereocenters. The Morgan fingerprint density at radius 1 is 0.800 bits per heavy atom. The lowest BCUT2D eigenvalue weighted by Gasteiger charge is -2.04. The molecule has 0 saturated heterocycles. The van der Waals surface area contributed by atoms with Crippen LogP contribution < -0.4 is 5.73 Å². The van der Waals surface area contributed by atoms with Gasteiger partial charge >= 0.3 is 0 Å². The Balaban J connectivity index is 3.88. The molecule has 0 aliphatic rings. The summed E-state index contributed by atoms with van der Waals surface area (Å²) in [4.78, 5) is 0. The van der Waals surface area contributed by atoms with Crippen molar-refractivity contribution in [3.05, 3.63) is 28.3 Å². The van der Waals surface area contributed by atoms with Gasteiger partial charge in [-0.3, -0.25) is 0 Å². The summed E-state index contributed by atoms with van der Waals surface area (Å²) in [5, 5.41) is 25.5. The summed E-state index contributed by atoms with van der Waals surface area (Å²) in [6.45, 7) is 0. The normalized spacial score (nSPS) is 8.73. The van der Waals surface area contributed by atoms with Crippen LogP contribution >= 0.6 is 0 Å². The topological polar surface area (TPSA) is 97.4 Å². The van der Waals surface area contributed by atoms with E-state index in [0.717, 1.165) is 0 Å². The van der Waals surface area contributed by atoms with Crippen molar-refractivity contribution in [2.24, 2.45) is 0 Å². The average molecular weight is 204 g/mol. The maximum atomic E-state index is 13.2. The number of halogens is 2. The van der Waals surface area contributed by atoms with Crippen molar-refractivity contribution in [1.29, 1.82) is 15.8 Å². The number of hydrogen-bond donors (Lipinski definition) is 1. The van der Waals surface area contributed by atoms with Crippen molar-refractivity contribution in [2.45, 2.75) is 0 Å². The third-order valence-electron chi connectivity index (χ3n) is 1.75. The van der Waals surface area contributed by atoms with Crippen LogP contribution in [0.15, 0.2) is 0 Å². The van der Waals surface area contributed by atoms with Gasteiger partial charge in [-0.1, -0.05) is 0 Å². The monoisotopic (exact) mass is 204 g/mol. The smallest absolute Gasteiger partial charge is 0.163 e. The fraction of sp³-hybridized carbons (Fsp3) is 0.